The highest BCUT2D eigenvalue weighted by molar-refractivity contribution is 7.87. The SMILES string of the molecule is CC(C)OC(=O)NS(=O)(=O)NOC(C)(C)C. The van der Waals surface area contributed by atoms with E-state index in [4.69, 9.17) is 4.84 Å². The van der Waals surface area contributed by atoms with Crippen molar-refractivity contribution >= 4 is 16.3 Å². The molecule has 0 aliphatic carbocycles. The molecule has 0 spiro atoms. The summed E-state index contributed by atoms with van der Waals surface area (Å²) in [5.74, 6) is 0. The van der Waals surface area contributed by atoms with Crippen molar-refractivity contribution in [1.29, 1.82) is 0 Å². The van der Waals surface area contributed by atoms with Gasteiger partial charge < -0.3 is 4.74 Å². The van der Waals surface area contributed by atoms with Gasteiger partial charge in [0.1, 0.15) is 0 Å². The molecule has 0 atom stereocenters. The lowest BCUT2D eigenvalue weighted by molar-refractivity contribution is -0.0363. The molecule has 0 aliphatic heterocycles. The van der Waals surface area contributed by atoms with Crippen molar-refractivity contribution < 1.29 is 22.8 Å². The molecule has 96 valence electrons. The van der Waals surface area contributed by atoms with Gasteiger partial charge in [0.05, 0.1) is 11.7 Å². The standard InChI is InChI=1S/C8H18N2O5S/c1-6(2)14-7(11)9-16(12,13)10-15-8(3,4)5/h6,10H,1-5H3,(H,9,11). The van der Waals surface area contributed by atoms with Gasteiger partial charge in [-0.2, -0.15) is 8.42 Å². The fourth-order valence-corrected chi connectivity index (χ4v) is 1.22. The molecule has 16 heavy (non-hydrogen) atoms. The molecule has 7 nitrogen and oxygen atoms in total. The number of amides is 1. The minimum absolute atomic E-state index is 0.404. The lowest BCUT2D eigenvalue weighted by Crippen LogP contribution is -2.44. The molecular formula is C8H18N2O5S. The normalized spacial score (nSPS) is 12.6. The molecule has 0 rings (SSSR count). The van der Waals surface area contributed by atoms with Crippen LogP contribution in [0.3, 0.4) is 0 Å². The van der Waals surface area contributed by atoms with Gasteiger partial charge in [0.15, 0.2) is 0 Å². The maximum atomic E-state index is 11.2. The van der Waals surface area contributed by atoms with E-state index in [9.17, 15) is 13.2 Å². The van der Waals surface area contributed by atoms with E-state index in [0.717, 1.165) is 0 Å². The van der Waals surface area contributed by atoms with Gasteiger partial charge >= 0.3 is 16.3 Å². The van der Waals surface area contributed by atoms with Gasteiger partial charge in [-0.1, -0.05) is 4.89 Å². The number of carbonyl (C=O) groups excluding carboxylic acids is 1. The highest BCUT2D eigenvalue weighted by Gasteiger charge is 2.20. The summed E-state index contributed by atoms with van der Waals surface area (Å²) in [4.78, 5) is 17.5. The maximum Gasteiger partial charge on any atom is 0.422 e. The Labute approximate surface area is 95.6 Å². The van der Waals surface area contributed by atoms with Crippen LogP contribution in [-0.2, 0) is 19.8 Å². The van der Waals surface area contributed by atoms with E-state index in [1.807, 2.05) is 0 Å². The molecular weight excluding hydrogens is 236 g/mol. The first-order chi connectivity index (χ1) is 7.02. The number of rotatable bonds is 4. The minimum Gasteiger partial charge on any atom is -0.446 e. The van der Waals surface area contributed by atoms with Crippen LogP contribution in [-0.4, -0.2) is 26.2 Å². The van der Waals surface area contributed by atoms with Crippen LogP contribution in [0.4, 0.5) is 4.79 Å². The van der Waals surface area contributed by atoms with Crippen LogP contribution in [0.5, 0.6) is 0 Å². The Morgan fingerprint density at radius 1 is 1.25 bits per heavy atom. The fraction of sp³-hybridized carbons (Fsp3) is 0.875. The summed E-state index contributed by atoms with van der Waals surface area (Å²) in [6.45, 7) is 8.17. The van der Waals surface area contributed by atoms with Gasteiger partial charge in [-0.15, -0.1) is 0 Å². The van der Waals surface area contributed by atoms with Crippen LogP contribution in [0.15, 0.2) is 0 Å². The van der Waals surface area contributed by atoms with Crippen molar-refractivity contribution in [2.75, 3.05) is 0 Å². The summed E-state index contributed by atoms with van der Waals surface area (Å²) in [7, 11) is -4.06. The molecule has 0 aromatic heterocycles. The minimum atomic E-state index is -4.06. The third kappa shape index (κ3) is 8.45. The molecule has 1 amide bonds. The van der Waals surface area contributed by atoms with E-state index in [2.05, 4.69) is 4.74 Å². The van der Waals surface area contributed by atoms with Crippen LogP contribution in [0, 0.1) is 0 Å². The smallest absolute Gasteiger partial charge is 0.422 e. The first kappa shape index (κ1) is 15.1. The van der Waals surface area contributed by atoms with Gasteiger partial charge in [0.2, 0.25) is 0 Å². The monoisotopic (exact) mass is 254 g/mol. The molecule has 0 aliphatic rings. The van der Waals surface area contributed by atoms with Crippen molar-refractivity contribution in [3.8, 4) is 0 Å². The summed E-state index contributed by atoms with van der Waals surface area (Å²) >= 11 is 0. The summed E-state index contributed by atoms with van der Waals surface area (Å²) in [5, 5.41) is 0. The van der Waals surface area contributed by atoms with Crippen molar-refractivity contribution in [1.82, 2.24) is 9.61 Å². The van der Waals surface area contributed by atoms with Crippen LogP contribution in [0.1, 0.15) is 34.6 Å². The van der Waals surface area contributed by atoms with Crippen LogP contribution in [0.25, 0.3) is 0 Å². The summed E-state index contributed by atoms with van der Waals surface area (Å²) in [6.07, 6.45) is -1.46. The Hall–Kier alpha value is -0.860. The summed E-state index contributed by atoms with van der Waals surface area (Å²) < 4.78 is 28.7. The van der Waals surface area contributed by atoms with Crippen LogP contribution >= 0.6 is 0 Å². The number of hydrogen-bond acceptors (Lipinski definition) is 5. The number of carbonyl (C=O) groups is 1. The van der Waals surface area contributed by atoms with Crippen molar-refractivity contribution in [2.45, 2.75) is 46.3 Å². The second kappa shape index (κ2) is 5.46. The Morgan fingerprint density at radius 3 is 2.12 bits per heavy atom. The topological polar surface area (TPSA) is 93.7 Å². The molecule has 0 aromatic rings. The fourth-order valence-electron chi connectivity index (χ4n) is 0.549. The van der Waals surface area contributed by atoms with Gasteiger partial charge in [0.25, 0.3) is 0 Å². The molecule has 0 unspecified atom stereocenters. The number of hydrogen-bond donors (Lipinski definition) is 2. The first-order valence-corrected chi connectivity index (χ1v) is 6.18. The highest BCUT2D eigenvalue weighted by atomic mass is 32.2. The Kier molecular flexibility index (Phi) is 5.17. The largest absolute Gasteiger partial charge is 0.446 e. The quantitative estimate of drug-likeness (QED) is 0.720. The third-order valence-corrected chi connectivity index (χ3v) is 1.76. The Morgan fingerprint density at radius 2 is 1.75 bits per heavy atom. The molecule has 8 heteroatoms. The van der Waals surface area contributed by atoms with E-state index in [-0.39, 0.29) is 0 Å². The molecule has 0 saturated heterocycles. The second-order valence-corrected chi connectivity index (χ2v) is 5.73. The zero-order valence-corrected chi connectivity index (χ0v) is 10.8. The molecule has 0 fully saturated rings. The lowest BCUT2D eigenvalue weighted by Gasteiger charge is -2.19. The van der Waals surface area contributed by atoms with E-state index in [0.29, 0.717) is 0 Å². The zero-order valence-electron chi connectivity index (χ0n) is 10.0. The third-order valence-electron chi connectivity index (χ3n) is 1.02. The van der Waals surface area contributed by atoms with Crippen molar-refractivity contribution in [2.24, 2.45) is 0 Å². The molecule has 0 heterocycles. The van der Waals surface area contributed by atoms with Crippen molar-refractivity contribution in [3.05, 3.63) is 0 Å². The Balaban J connectivity index is 4.21. The van der Waals surface area contributed by atoms with Crippen molar-refractivity contribution in [3.63, 3.8) is 0 Å². The van der Waals surface area contributed by atoms with Gasteiger partial charge in [-0.25, -0.2) is 9.52 Å². The first-order valence-electron chi connectivity index (χ1n) is 4.70. The predicted molar refractivity (Wildman–Crippen MR) is 57.6 cm³/mol. The summed E-state index contributed by atoms with van der Waals surface area (Å²) in [6, 6.07) is 0. The summed E-state index contributed by atoms with van der Waals surface area (Å²) in [5.41, 5.74) is -0.698. The van der Waals surface area contributed by atoms with Gasteiger partial charge in [-0.3, -0.25) is 4.84 Å². The second-order valence-electron chi connectivity index (χ2n) is 4.36. The van der Waals surface area contributed by atoms with E-state index < -0.39 is 28.0 Å². The number of nitrogens with one attached hydrogen (secondary N) is 2. The average Bonchev–Trinajstić information content (AvgIpc) is 1.96. The zero-order chi connectivity index (χ0) is 13.0. The van der Waals surface area contributed by atoms with E-state index >= 15 is 0 Å². The predicted octanol–water partition coefficient (Wildman–Crippen LogP) is 0.685. The van der Waals surface area contributed by atoms with E-state index in [1.54, 1.807) is 44.2 Å². The van der Waals surface area contributed by atoms with Gasteiger partial charge in [-0.05, 0) is 34.6 Å². The van der Waals surface area contributed by atoms with Crippen LogP contribution in [0.2, 0.25) is 0 Å². The van der Waals surface area contributed by atoms with Crippen LogP contribution < -0.4 is 9.61 Å². The Bertz CT molecular complexity index is 331. The lowest BCUT2D eigenvalue weighted by atomic mass is 10.2. The molecule has 0 bridgehead atoms. The average molecular weight is 254 g/mol. The highest BCUT2D eigenvalue weighted by Crippen LogP contribution is 2.04. The van der Waals surface area contributed by atoms with Gasteiger partial charge in [0, 0.05) is 0 Å². The maximum absolute atomic E-state index is 11.2. The molecule has 2 N–H and O–H groups in total. The molecule has 0 radical (unpaired) electrons. The number of ether oxygens (including phenoxy) is 1. The van der Waals surface area contributed by atoms with E-state index in [1.165, 1.54) is 0 Å². The molecule has 0 saturated carbocycles. The molecule has 0 aromatic carbocycles.